The Morgan fingerprint density at radius 3 is 2.81 bits per heavy atom. The van der Waals surface area contributed by atoms with E-state index in [4.69, 9.17) is 14.6 Å². The number of aliphatic hydroxyl groups excluding tert-OH is 1. The third-order valence-electron chi connectivity index (χ3n) is 3.70. The lowest BCUT2D eigenvalue weighted by molar-refractivity contribution is -0.184. The Balaban J connectivity index is 2.26. The molecule has 152 valence electrons. The van der Waals surface area contributed by atoms with Crippen molar-refractivity contribution in [2.75, 3.05) is 25.6 Å². The minimum atomic E-state index is -1.26. The van der Waals surface area contributed by atoms with Gasteiger partial charge in [-0.25, -0.2) is 14.6 Å². The van der Waals surface area contributed by atoms with Crippen molar-refractivity contribution in [3.63, 3.8) is 0 Å². The van der Waals surface area contributed by atoms with E-state index >= 15 is 0 Å². The number of ether oxygens (including phenoxy) is 2. The smallest absolute Gasteiger partial charge is 0.189 e. The largest absolute Gasteiger partial charge is 0.394 e. The zero-order chi connectivity index (χ0) is 19.9. The maximum atomic E-state index is 9.93. The first-order valence-electron chi connectivity index (χ1n) is 9.13. The zero-order valence-electron chi connectivity index (χ0n) is 16.3. The van der Waals surface area contributed by atoms with Crippen LogP contribution in [-0.4, -0.2) is 72.6 Å². The van der Waals surface area contributed by atoms with Gasteiger partial charge in [-0.05, 0) is 33.6 Å². The number of hydrogen-bond donors (Lipinski definition) is 2. The van der Waals surface area contributed by atoms with Gasteiger partial charge in [-0.3, -0.25) is 0 Å². The number of rotatable bonds is 12. The van der Waals surface area contributed by atoms with Crippen LogP contribution in [0.5, 0.6) is 0 Å². The summed E-state index contributed by atoms with van der Waals surface area (Å²) in [5, 5.41) is 28.0. The van der Waals surface area contributed by atoms with Crippen molar-refractivity contribution in [1.29, 1.82) is 0 Å². The van der Waals surface area contributed by atoms with E-state index in [0.29, 0.717) is 22.7 Å². The predicted molar refractivity (Wildman–Crippen MR) is 103 cm³/mol. The molecular weight excluding hydrogens is 370 g/mol. The second-order valence-electron chi connectivity index (χ2n) is 6.80. The summed E-state index contributed by atoms with van der Waals surface area (Å²) in [4.78, 5) is 8.91. The van der Waals surface area contributed by atoms with Crippen LogP contribution in [0.25, 0.3) is 11.2 Å². The van der Waals surface area contributed by atoms with Gasteiger partial charge >= 0.3 is 0 Å². The van der Waals surface area contributed by atoms with E-state index in [0.717, 1.165) is 12.2 Å². The van der Waals surface area contributed by atoms with Gasteiger partial charge in [-0.15, -0.1) is 5.10 Å². The van der Waals surface area contributed by atoms with E-state index in [-0.39, 0.29) is 32.0 Å². The summed E-state index contributed by atoms with van der Waals surface area (Å²) >= 11 is 1.59. The van der Waals surface area contributed by atoms with Crippen LogP contribution in [0.2, 0.25) is 0 Å². The quantitative estimate of drug-likeness (QED) is 0.313. The number of nitrogens with zero attached hydrogens (tertiary/aromatic N) is 5. The molecule has 2 rings (SSSR count). The van der Waals surface area contributed by atoms with E-state index in [1.807, 2.05) is 6.92 Å². The Bertz CT molecular complexity index is 706. The van der Waals surface area contributed by atoms with Crippen molar-refractivity contribution in [2.24, 2.45) is 0 Å². The van der Waals surface area contributed by atoms with Gasteiger partial charge in [0.2, 0.25) is 0 Å². The Labute approximate surface area is 163 Å². The van der Waals surface area contributed by atoms with Crippen molar-refractivity contribution in [1.82, 2.24) is 25.0 Å². The molecule has 0 saturated carbocycles. The van der Waals surface area contributed by atoms with E-state index in [2.05, 4.69) is 27.2 Å². The van der Waals surface area contributed by atoms with Crippen molar-refractivity contribution in [2.45, 2.75) is 63.6 Å². The fourth-order valence-corrected chi connectivity index (χ4v) is 3.15. The minimum Gasteiger partial charge on any atom is -0.394 e. The molecule has 0 amide bonds. The van der Waals surface area contributed by atoms with Gasteiger partial charge in [0.1, 0.15) is 0 Å². The van der Waals surface area contributed by atoms with Gasteiger partial charge in [0.25, 0.3) is 0 Å². The van der Waals surface area contributed by atoms with Gasteiger partial charge in [0, 0.05) is 5.75 Å². The van der Waals surface area contributed by atoms with E-state index < -0.39 is 5.79 Å². The van der Waals surface area contributed by atoms with Crippen molar-refractivity contribution in [3.8, 4) is 0 Å². The molecule has 0 aromatic carbocycles. The first-order chi connectivity index (χ1) is 12.8. The van der Waals surface area contributed by atoms with Crippen LogP contribution in [0.15, 0.2) is 11.4 Å². The van der Waals surface area contributed by atoms with Crippen LogP contribution in [0, 0.1) is 0 Å². The molecular formula is C17H29N5O4S. The molecule has 2 aromatic rings. The van der Waals surface area contributed by atoms with Crippen LogP contribution >= 0.6 is 11.8 Å². The Hall–Kier alpha value is -1.33. The van der Waals surface area contributed by atoms with Gasteiger partial charge in [-0.2, -0.15) is 0 Å². The number of hydrogen-bond acceptors (Lipinski definition) is 9. The number of thioether (sulfide) groups is 1. The topological polar surface area (TPSA) is 115 Å². The van der Waals surface area contributed by atoms with Crippen LogP contribution in [-0.2, 0) is 9.47 Å². The summed E-state index contributed by atoms with van der Waals surface area (Å²) in [6.07, 6.45) is 3.13. The Kier molecular flexibility index (Phi) is 8.36. The fraction of sp³-hybridized carbons (Fsp3) is 0.765. The normalized spacial score (nSPS) is 14.6. The second-order valence-corrected chi connectivity index (χ2v) is 7.86. The van der Waals surface area contributed by atoms with Crippen molar-refractivity contribution >= 4 is 22.9 Å². The fourth-order valence-electron chi connectivity index (χ4n) is 2.48. The standard InChI is InChI=1S/C17H29N5O4S/c1-5-8-27-16-18-10-14-15(19-16)22(21-20-14)13(11-26-17(3,4)24)9-12(2)25-7-6-23/h10,12-13,23-24H,5-9,11H2,1-4H3. The first-order valence-corrected chi connectivity index (χ1v) is 10.1. The summed E-state index contributed by atoms with van der Waals surface area (Å²) < 4.78 is 12.9. The van der Waals surface area contributed by atoms with Crippen LogP contribution in [0.3, 0.4) is 0 Å². The van der Waals surface area contributed by atoms with Crippen molar-refractivity contribution < 1.29 is 19.7 Å². The molecule has 2 unspecified atom stereocenters. The second kappa shape index (κ2) is 10.3. The first kappa shape index (κ1) is 22.0. The van der Waals surface area contributed by atoms with Gasteiger partial charge in [0.15, 0.2) is 22.1 Å². The molecule has 2 N–H and O–H groups in total. The van der Waals surface area contributed by atoms with Gasteiger partial charge < -0.3 is 19.7 Å². The van der Waals surface area contributed by atoms with E-state index in [1.54, 1.807) is 36.5 Å². The van der Waals surface area contributed by atoms with Crippen LogP contribution in [0.4, 0.5) is 0 Å². The third-order valence-corrected chi connectivity index (χ3v) is 4.77. The summed E-state index contributed by atoms with van der Waals surface area (Å²) in [7, 11) is 0. The number of aliphatic hydroxyl groups is 2. The van der Waals surface area contributed by atoms with Crippen LogP contribution in [0.1, 0.15) is 46.6 Å². The van der Waals surface area contributed by atoms with Crippen LogP contribution < -0.4 is 0 Å². The average molecular weight is 400 g/mol. The van der Waals surface area contributed by atoms with Crippen molar-refractivity contribution in [3.05, 3.63) is 6.20 Å². The molecule has 0 aliphatic rings. The van der Waals surface area contributed by atoms with Gasteiger partial charge in [0.05, 0.1) is 38.2 Å². The summed E-state index contributed by atoms with van der Waals surface area (Å²) in [6.45, 7) is 7.63. The lowest BCUT2D eigenvalue weighted by Gasteiger charge is -2.25. The molecule has 0 aliphatic carbocycles. The number of fused-ring (bicyclic) bond motifs is 1. The summed E-state index contributed by atoms with van der Waals surface area (Å²) in [5.74, 6) is -0.328. The molecule has 0 radical (unpaired) electrons. The maximum absolute atomic E-state index is 9.93. The van der Waals surface area contributed by atoms with E-state index in [1.165, 1.54) is 0 Å². The molecule has 27 heavy (non-hydrogen) atoms. The molecule has 0 saturated heterocycles. The molecule has 2 heterocycles. The predicted octanol–water partition coefficient (Wildman–Crippen LogP) is 1.80. The molecule has 2 atom stereocenters. The molecule has 0 fully saturated rings. The number of aromatic nitrogens is 5. The molecule has 0 bridgehead atoms. The minimum absolute atomic E-state index is 0.0350. The summed E-state index contributed by atoms with van der Waals surface area (Å²) in [5.41, 5.74) is 1.23. The monoisotopic (exact) mass is 399 g/mol. The van der Waals surface area contributed by atoms with Gasteiger partial charge in [-0.1, -0.05) is 23.9 Å². The highest BCUT2D eigenvalue weighted by Gasteiger charge is 2.24. The highest BCUT2D eigenvalue weighted by molar-refractivity contribution is 7.99. The highest BCUT2D eigenvalue weighted by atomic mass is 32.2. The molecule has 9 nitrogen and oxygen atoms in total. The lowest BCUT2D eigenvalue weighted by Crippen LogP contribution is -2.30. The SMILES string of the molecule is CCCSc1ncc2nnn(C(COC(C)(C)O)CC(C)OCCO)c2n1. The zero-order valence-corrected chi connectivity index (χ0v) is 17.1. The average Bonchev–Trinajstić information content (AvgIpc) is 3.04. The lowest BCUT2D eigenvalue weighted by atomic mass is 10.1. The highest BCUT2D eigenvalue weighted by Crippen LogP contribution is 2.23. The third kappa shape index (κ3) is 6.96. The molecule has 0 aliphatic heterocycles. The van der Waals surface area contributed by atoms with E-state index in [9.17, 15) is 5.11 Å². The molecule has 0 spiro atoms. The summed E-state index contributed by atoms with van der Waals surface area (Å²) in [6, 6.07) is -0.242. The Morgan fingerprint density at radius 2 is 2.15 bits per heavy atom. The Morgan fingerprint density at radius 1 is 1.37 bits per heavy atom. The molecule has 10 heteroatoms. The maximum Gasteiger partial charge on any atom is 0.189 e. The molecule has 2 aromatic heterocycles.